The van der Waals surface area contributed by atoms with Gasteiger partial charge in [-0.05, 0) is 37.7 Å². The number of hydrogen-bond donors (Lipinski definition) is 0. The summed E-state index contributed by atoms with van der Waals surface area (Å²) in [4.78, 5) is 6.47. The van der Waals surface area contributed by atoms with Crippen molar-refractivity contribution in [2.45, 2.75) is 25.9 Å². The summed E-state index contributed by atoms with van der Waals surface area (Å²) in [6, 6.07) is 8.64. The Labute approximate surface area is 180 Å². The molecule has 1 fully saturated rings. The van der Waals surface area contributed by atoms with Gasteiger partial charge >= 0.3 is 6.43 Å². The molecule has 4 heterocycles. The first-order chi connectivity index (χ1) is 15.6. The number of likely N-dealkylation sites (tertiary alicyclic amines) is 1. The molecule has 1 aliphatic rings. The topological polar surface area (TPSA) is 85.8 Å². The van der Waals surface area contributed by atoms with E-state index in [0.717, 1.165) is 19.5 Å². The van der Waals surface area contributed by atoms with Gasteiger partial charge in [0.05, 0.1) is 24.0 Å². The lowest BCUT2D eigenvalue weighted by Gasteiger charge is -2.30. The van der Waals surface area contributed by atoms with E-state index in [-0.39, 0.29) is 11.7 Å². The predicted molar refractivity (Wildman–Crippen MR) is 107 cm³/mol. The number of halogens is 3. The van der Waals surface area contributed by atoms with Crippen LogP contribution in [0.4, 0.5) is 13.2 Å². The molecule has 0 aliphatic carbocycles. The lowest BCUT2D eigenvalue weighted by molar-refractivity contribution is 0.116. The average Bonchev–Trinajstić information content (AvgIpc) is 3.42. The van der Waals surface area contributed by atoms with Crippen LogP contribution < -0.4 is 0 Å². The van der Waals surface area contributed by atoms with Crippen LogP contribution in [0.1, 0.15) is 30.0 Å². The van der Waals surface area contributed by atoms with Gasteiger partial charge in [-0.25, -0.2) is 9.07 Å². The van der Waals surface area contributed by atoms with Crippen molar-refractivity contribution in [1.29, 1.82) is 0 Å². The summed E-state index contributed by atoms with van der Waals surface area (Å²) in [6.45, 7) is 2.87. The van der Waals surface area contributed by atoms with Crippen LogP contribution in [-0.4, -0.2) is 48.2 Å². The Kier molecular flexibility index (Phi) is 5.39. The minimum absolute atomic E-state index is 0.0315. The van der Waals surface area contributed by atoms with Crippen molar-refractivity contribution < 1.29 is 17.6 Å². The molecule has 164 valence electrons. The molecule has 0 bridgehead atoms. The lowest BCUT2D eigenvalue weighted by Crippen LogP contribution is -2.36. The molecule has 32 heavy (non-hydrogen) atoms. The van der Waals surface area contributed by atoms with Gasteiger partial charge in [-0.2, -0.15) is 8.78 Å². The number of benzene rings is 1. The van der Waals surface area contributed by atoms with E-state index in [1.807, 2.05) is 6.07 Å². The van der Waals surface area contributed by atoms with Gasteiger partial charge in [0.15, 0.2) is 0 Å². The molecule has 0 unspecified atom stereocenters. The Balaban J connectivity index is 1.29. The summed E-state index contributed by atoms with van der Waals surface area (Å²) in [7, 11) is 0. The minimum Gasteiger partial charge on any atom is -0.415 e. The monoisotopic (exact) mass is 441 g/mol. The van der Waals surface area contributed by atoms with Crippen LogP contribution in [0.5, 0.6) is 0 Å². The Morgan fingerprint density at radius 2 is 1.91 bits per heavy atom. The van der Waals surface area contributed by atoms with Gasteiger partial charge in [0, 0.05) is 23.9 Å². The molecule has 4 aromatic rings. The SMILES string of the molecule is Fc1c(CN2CCC2)cccc1-c1cn(Cc2ccc(-c3nnc(C(F)F)o3)cn2)nn1. The molecule has 0 amide bonds. The Bertz CT molecular complexity index is 1220. The molecule has 3 aromatic heterocycles. The molecule has 0 atom stereocenters. The number of pyridine rings is 1. The van der Waals surface area contributed by atoms with E-state index in [0.29, 0.717) is 41.2 Å². The van der Waals surface area contributed by atoms with Crippen molar-refractivity contribution >= 4 is 0 Å². The van der Waals surface area contributed by atoms with E-state index in [4.69, 9.17) is 4.42 Å². The van der Waals surface area contributed by atoms with Gasteiger partial charge in [0.1, 0.15) is 11.5 Å². The predicted octanol–water partition coefficient (Wildman–Crippen LogP) is 3.72. The summed E-state index contributed by atoms with van der Waals surface area (Å²) in [6.07, 6.45) is 1.44. The first-order valence-corrected chi connectivity index (χ1v) is 10.0. The van der Waals surface area contributed by atoms with E-state index in [1.54, 1.807) is 35.1 Å². The van der Waals surface area contributed by atoms with Crippen molar-refractivity contribution in [2.24, 2.45) is 0 Å². The zero-order chi connectivity index (χ0) is 22.1. The van der Waals surface area contributed by atoms with Crippen LogP contribution in [0.15, 0.2) is 47.1 Å². The average molecular weight is 441 g/mol. The van der Waals surface area contributed by atoms with E-state index < -0.39 is 12.3 Å². The highest BCUT2D eigenvalue weighted by Gasteiger charge is 2.19. The molecule has 1 aromatic carbocycles. The van der Waals surface area contributed by atoms with Crippen LogP contribution in [0.2, 0.25) is 0 Å². The molecule has 5 rings (SSSR count). The molecule has 0 spiro atoms. The number of rotatable bonds is 7. The maximum Gasteiger partial charge on any atom is 0.314 e. The third-order valence-electron chi connectivity index (χ3n) is 5.26. The Hall–Kier alpha value is -3.60. The molecule has 0 saturated carbocycles. The van der Waals surface area contributed by atoms with Gasteiger partial charge in [0.2, 0.25) is 5.89 Å². The van der Waals surface area contributed by atoms with Gasteiger partial charge < -0.3 is 4.42 Å². The molecule has 8 nitrogen and oxygen atoms in total. The van der Waals surface area contributed by atoms with Crippen LogP contribution >= 0.6 is 0 Å². The summed E-state index contributed by atoms with van der Waals surface area (Å²) < 4.78 is 46.7. The fourth-order valence-corrected chi connectivity index (χ4v) is 3.43. The highest BCUT2D eigenvalue weighted by molar-refractivity contribution is 5.60. The first kappa shape index (κ1) is 20.3. The fourth-order valence-electron chi connectivity index (χ4n) is 3.43. The molecule has 0 radical (unpaired) electrons. The zero-order valence-corrected chi connectivity index (χ0v) is 16.8. The number of hydrogen-bond acceptors (Lipinski definition) is 7. The Morgan fingerprint density at radius 3 is 2.59 bits per heavy atom. The third kappa shape index (κ3) is 4.11. The quantitative estimate of drug-likeness (QED) is 0.432. The number of aromatic nitrogens is 6. The standard InChI is InChI=1S/C21H18F3N7O/c22-18-14(10-30-7-2-8-30)3-1-4-16(18)17-12-31(29-26-17)11-15-6-5-13(9-25-15)20-27-28-21(32-20)19(23)24/h1,3-6,9,12,19H,2,7-8,10-11H2. The van der Waals surface area contributed by atoms with Gasteiger partial charge in [-0.1, -0.05) is 17.3 Å². The van der Waals surface area contributed by atoms with Crippen molar-refractivity contribution in [2.75, 3.05) is 13.1 Å². The number of nitrogens with zero attached hydrogens (tertiary/aromatic N) is 7. The summed E-state index contributed by atoms with van der Waals surface area (Å²) in [5.41, 5.74) is 2.56. The molecular weight excluding hydrogens is 423 g/mol. The molecule has 0 N–H and O–H groups in total. The number of alkyl halides is 2. The highest BCUT2D eigenvalue weighted by atomic mass is 19.3. The van der Waals surface area contributed by atoms with E-state index >= 15 is 0 Å². The van der Waals surface area contributed by atoms with E-state index in [9.17, 15) is 13.2 Å². The second kappa shape index (κ2) is 8.50. The highest BCUT2D eigenvalue weighted by Crippen LogP contribution is 2.26. The van der Waals surface area contributed by atoms with E-state index in [1.165, 1.54) is 6.20 Å². The summed E-state index contributed by atoms with van der Waals surface area (Å²) in [5, 5.41) is 15.1. The van der Waals surface area contributed by atoms with Crippen molar-refractivity contribution in [3.8, 4) is 22.7 Å². The van der Waals surface area contributed by atoms with Crippen LogP contribution in [0, 0.1) is 5.82 Å². The van der Waals surface area contributed by atoms with Gasteiger partial charge in [-0.15, -0.1) is 15.3 Å². The maximum absolute atomic E-state index is 15.0. The van der Waals surface area contributed by atoms with Crippen molar-refractivity contribution in [3.63, 3.8) is 0 Å². The lowest BCUT2D eigenvalue weighted by atomic mass is 10.1. The maximum atomic E-state index is 15.0. The molecule has 1 aliphatic heterocycles. The molecule has 11 heteroatoms. The van der Waals surface area contributed by atoms with Crippen molar-refractivity contribution in [1.82, 2.24) is 35.1 Å². The second-order valence-corrected chi connectivity index (χ2v) is 7.49. The fraction of sp³-hybridized carbons (Fsp3) is 0.286. The first-order valence-electron chi connectivity index (χ1n) is 10.0. The second-order valence-electron chi connectivity index (χ2n) is 7.49. The van der Waals surface area contributed by atoms with Crippen LogP contribution in [0.3, 0.4) is 0 Å². The third-order valence-corrected chi connectivity index (χ3v) is 5.26. The normalized spacial score (nSPS) is 14.1. The Morgan fingerprint density at radius 1 is 1.03 bits per heavy atom. The largest absolute Gasteiger partial charge is 0.415 e. The summed E-state index contributed by atoms with van der Waals surface area (Å²) in [5.74, 6) is -1.05. The summed E-state index contributed by atoms with van der Waals surface area (Å²) >= 11 is 0. The zero-order valence-electron chi connectivity index (χ0n) is 16.8. The molecular formula is C21H18F3N7O. The van der Waals surface area contributed by atoms with Crippen LogP contribution in [-0.2, 0) is 13.1 Å². The van der Waals surface area contributed by atoms with Crippen molar-refractivity contribution in [3.05, 3.63) is 65.7 Å². The van der Waals surface area contributed by atoms with Crippen LogP contribution in [0.25, 0.3) is 22.7 Å². The molecule has 1 saturated heterocycles. The minimum atomic E-state index is -2.83. The van der Waals surface area contributed by atoms with E-state index in [2.05, 4.69) is 30.4 Å². The smallest absolute Gasteiger partial charge is 0.314 e. The van der Waals surface area contributed by atoms with Gasteiger partial charge in [-0.3, -0.25) is 9.88 Å². The van der Waals surface area contributed by atoms with Gasteiger partial charge in [0.25, 0.3) is 5.89 Å².